The number of alkyl halides is 3. The van der Waals surface area contributed by atoms with Crippen LogP contribution in [0.5, 0.6) is 0 Å². The highest BCUT2D eigenvalue weighted by Crippen LogP contribution is 2.39. The molecule has 0 bridgehead atoms. The minimum atomic E-state index is -4.32. The van der Waals surface area contributed by atoms with Crippen LogP contribution in [0.25, 0.3) is 0 Å². The Kier molecular flexibility index (Phi) is 3.40. The molecule has 1 aromatic rings. The van der Waals surface area contributed by atoms with Crippen LogP contribution in [-0.4, -0.2) is 20.2 Å². The lowest BCUT2D eigenvalue weighted by molar-refractivity contribution is -0.140. The molecule has 0 aromatic heterocycles. The molecule has 1 atom stereocenters. The van der Waals surface area contributed by atoms with E-state index in [1.807, 2.05) is 0 Å². The average Bonchev–Trinajstić information content (AvgIpc) is 2.28. The van der Waals surface area contributed by atoms with Gasteiger partial charge in [-0.3, -0.25) is 0 Å². The summed E-state index contributed by atoms with van der Waals surface area (Å²) in [6.07, 6.45) is -4.29. The van der Waals surface area contributed by atoms with Crippen molar-refractivity contribution >= 4 is 0 Å². The van der Waals surface area contributed by atoms with E-state index in [0.29, 0.717) is 25.1 Å². The van der Waals surface area contributed by atoms with Crippen molar-refractivity contribution in [2.45, 2.75) is 18.7 Å². The Morgan fingerprint density at radius 1 is 1.41 bits per heavy atom. The molecule has 0 aliphatic carbocycles. The van der Waals surface area contributed by atoms with Crippen molar-refractivity contribution in [1.29, 1.82) is 0 Å². The minimum absolute atomic E-state index is 0.292. The molecule has 2 rings (SSSR count). The summed E-state index contributed by atoms with van der Waals surface area (Å²) < 4.78 is 44.2. The maximum absolute atomic E-state index is 12.9. The normalized spacial score (nSPS) is 20.1. The van der Waals surface area contributed by atoms with Crippen LogP contribution < -0.4 is 5.32 Å². The van der Waals surface area contributed by atoms with Crippen LogP contribution in [0.1, 0.15) is 22.8 Å². The van der Waals surface area contributed by atoms with Crippen LogP contribution in [0.4, 0.5) is 13.2 Å². The molecule has 1 heterocycles. The Labute approximate surface area is 97.8 Å². The fourth-order valence-electron chi connectivity index (χ4n) is 2.20. The van der Waals surface area contributed by atoms with E-state index < -0.39 is 17.8 Å². The predicted molar refractivity (Wildman–Crippen MR) is 57.8 cm³/mol. The Morgan fingerprint density at radius 3 is 2.82 bits per heavy atom. The topological polar surface area (TPSA) is 21.3 Å². The number of fused-ring (bicyclic) bond motifs is 1. The highest BCUT2D eigenvalue weighted by molar-refractivity contribution is 5.40. The van der Waals surface area contributed by atoms with Crippen molar-refractivity contribution in [1.82, 2.24) is 5.32 Å². The van der Waals surface area contributed by atoms with Crippen LogP contribution >= 0.6 is 0 Å². The number of hydrogen-bond donors (Lipinski definition) is 1. The van der Waals surface area contributed by atoms with Crippen LogP contribution in [0, 0.1) is 0 Å². The van der Waals surface area contributed by atoms with Gasteiger partial charge in [0, 0.05) is 6.54 Å². The summed E-state index contributed by atoms with van der Waals surface area (Å²) in [6, 6.07) is 4.33. The van der Waals surface area contributed by atoms with Gasteiger partial charge in [-0.05, 0) is 30.7 Å². The number of likely N-dealkylation sites (N-methyl/N-ethyl adjacent to an activating group) is 1. The van der Waals surface area contributed by atoms with Crippen LogP contribution in [0.3, 0.4) is 0 Å². The lowest BCUT2D eigenvalue weighted by Gasteiger charge is -2.29. The summed E-state index contributed by atoms with van der Waals surface area (Å²) >= 11 is 0. The van der Waals surface area contributed by atoms with Gasteiger partial charge < -0.3 is 10.1 Å². The second-order valence-corrected chi connectivity index (χ2v) is 4.04. The first-order valence-electron chi connectivity index (χ1n) is 5.49. The lowest BCUT2D eigenvalue weighted by atomic mass is 9.92. The second kappa shape index (κ2) is 4.66. The van der Waals surface area contributed by atoms with E-state index in [0.717, 1.165) is 11.6 Å². The van der Waals surface area contributed by atoms with Gasteiger partial charge in [-0.1, -0.05) is 12.1 Å². The molecule has 2 nitrogen and oxygen atoms in total. The van der Waals surface area contributed by atoms with Crippen molar-refractivity contribution in [3.05, 3.63) is 34.9 Å². The second-order valence-electron chi connectivity index (χ2n) is 4.04. The van der Waals surface area contributed by atoms with Gasteiger partial charge in [0.15, 0.2) is 0 Å². The van der Waals surface area contributed by atoms with Crippen molar-refractivity contribution in [2.24, 2.45) is 0 Å². The number of halogens is 3. The van der Waals surface area contributed by atoms with Gasteiger partial charge in [-0.25, -0.2) is 0 Å². The minimum Gasteiger partial charge on any atom is -0.372 e. The molecule has 1 aromatic carbocycles. The average molecular weight is 245 g/mol. The fraction of sp³-hybridized carbons (Fsp3) is 0.500. The van der Waals surface area contributed by atoms with Gasteiger partial charge in [0.1, 0.15) is 0 Å². The van der Waals surface area contributed by atoms with Gasteiger partial charge >= 0.3 is 6.18 Å². The third-order valence-electron chi connectivity index (χ3n) is 2.90. The van der Waals surface area contributed by atoms with Gasteiger partial charge in [0.05, 0.1) is 18.3 Å². The fourth-order valence-corrected chi connectivity index (χ4v) is 2.20. The molecule has 0 amide bonds. The first-order chi connectivity index (χ1) is 8.04. The summed E-state index contributed by atoms with van der Waals surface area (Å²) in [4.78, 5) is 0. The Morgan fingerprint density at radius 2 is 2.18 bits per heavy atom. The molecule has 0 unspecified atom stereocenters. The standard InChI is InChI=1S/C12H14F3NO/c1-16-7-10-11-8(5-6-17-10)3-2-4-9(11)12(13,14)15/h2-4,10,16H,5-7H2,1H3/t10-/m0/s1. The largest absolute Gasteiger partial charge is 0.416 e. The van der Waals surface area contributed by atoms with E-state index in [1.54, 1.807) is 13.1 Å². The molecule has 0 saturated carbocycles. The third kappa shape index (κ3) is 2.45. The first-order valence-corrected chi connectivity index (χ1v) is 5.49. The summed E-state index contributed by atoms with van der Waals surface area (Å²) in [6.45, 7) is 0.862. The smallest absolute Gasteiger partial charge is 0.372 e. The SMILES string of the molecule is CNC[C@@H]1OCCc2cccc(C(F)(F)F)c21. The van der Waals surface area contributed by atoms with E-state index in [4.69, 9.17) is 4.74 Å². The summed E-state index contributed by atoms with van der Waals surface area (Å²) in [5, 5.41) is 2.86. The van der Waals surface area contributed by atoms with E-state index in [2.05, 4.69) is 5.32 Å². The van der Waals surface area contributed by atoms with Crippen LogP contribution in [0.2, 0.25) is 0 Å². The van der Waals surface area contributed by atoms with E-state index in [-0.39, 0.29) is 0 Å². The predicted octanol–water partition coefficient (Wildman–Crippen LogP) is 2.54. The monoisotopic (exact) mass is 245 g/mol. The zero-order chi connectivity index (χ0) is 12.5. The van der Waals surface area contributed by atoms with Crippen molar-refractivity contribution in [2.75, 3.05) is 20.2 Å². The Bertz CT molecular complexity index is 403. The number of hydrogen-bond acceptors (Lipinski definition) is 2. The van der Waals surface area contributed by atoms with Gasteiger partial charge in [0.25, 0.3) is 0 Å². The zero-order valence-corrected chi connectivity index (χ0v) is 9.47. The maximum atomic E-state index is 12.9. The maximum Gasteiger partial charge on any atom is 0.416 e. The number of nitrogens with one attached hydrogen (secondary N) is 1. The van der Waals surface area contributed by atoms with Crippen molar-refractivity contribution in [3.63, 3.8) is 0 Å². The number of ether oxygens (including phenoxy) is 1. The Balaban J connectivity index is 2.49. The molecule has 17 heavy (non-hydrogen) atoms. The lowest BCUT2D eigenvalue weighted by Crippen LogP contribution is -2.28. The number of rotatable bonds is 2. The molecule has 0 fully saturated rings. The zero-order valence-electron chi connectivity index (χ0n) is 9.47. The Hall–Kier alpha value is -1.07. The van der Waals surface area contributed by atoms with E-state index in [9.17, 15) is 13.2 Å². The quantitative estimate of drug-likeness (QED) is 0.864. The third-order valence-corrected chi connectivity index (χ3v) is 2.90. The molecule has 0 spiro atoms. The van der Waals surface area contributed by atoms with Crippen molar-refractivity contribution in [3.8, 4) is 0 Å². The molecule has 5 heteroatoms. The van der Waals surface area contributed by atoms with E-state index in [1.165, 1.54) is 6.07 Å². The first kappa shape index (κ1) is 12.4. The van der Waals surface area contributed by atoms with E-state index >= 15 is 0 Å². The molecule has 0 radical (unpaired) electrons. The van der Waals surface area contributed by atoms with Crippen LogP contribution in [-0.2, 0) is 17.3 Å². The highest BCUT2D eigenvalue weighted by Gasteiger charge is 2.37. The molecule has 94 valence electrons. The van der Waals surface area contributed by atoms with Gasteiger partial charge in [-0.15, -0.1) is 0 Å². The molecule has 1 N–H and O–H groups in total. The summed E-state index contributed by atoms with van der Waals surface area (Å²) in [5.74, 6) is 0. The highest BCUT2D eigenvalue weighted by atomic mass is 19.4. The van der Waals surface area contributed by atoms with Crippen molar-refractivity contribution < 1.29 is 17.9 Å². The molecular weight excluding hydrogens is 231 g/mol. The van der Waals surface area contributed by atoms with Crippen LogP contribution in [0.15, 0.2) is 18.2 Å². The number of benzene rings is 1. The van der Waals surface area contributed by atoms with Gasteiger partial charge in [0.2, 0.25) is 0 Å². The summed E-state index contributed by atoms with van der Waals surface area (Å²) in [7, 11) is 1.70. The molecular formula is C12H14F3NO. The summed E-state index contributed by atoms with van der Waals surface area (Å²) in [5.41, 5.74) is 0.460. The molecule has 0 saturated heterocycles. The van der Waals surface area contributed by atoms with Gasteiger partial charge in [-0.2, -0.15) is 13.2 Å². The molecule has 1 aliphatic heterocycles. The molecule has 1 aliphatic rings.